The Morgan fingerprint density at radius 1 is 1.20 bits per heavy atom. The van der Waals surface area contributed by atoms with Gasteiger partial charge in [0.05, 0.1) is 6.20 Å². The number of phenolic OH excluding ortho intramolecular Hbond substituents is 1. The van der Waals surface area contributed by atoms with Crippen LogP contribution in [0, 0.1) is 0 Å². The molecule has 0 aliphatic carbocycles. The highest BCUT2D eigenvalue weighted by Crippen LogP contribution is 2.25. The molecule has 0 saturated carbocycles. The van der Waals surface area contributed by atoms with E-state index in [-0.39, 0.29) is 15.2 Å². The summed E-state index contributed by atoms with van der Waals surface area (Å²) in [6.07, 6.45) is 1.10. The first-order valence-corrected chi connectivity index (χ1v) is 5.86. The highest BCUT2D eigenvalue weighted by Gasteiger charge is 2.29. The molecular formula is C9H6ClNO3S. The molecule has 0 unspecified atom stereocenters. The molecule has 1 aliphatic rings. The molecule has 1 aliphatic heterocycles. The third-order valence-electron chi connectivity index (χ3n) is 1.91. The minimum atomic E-state index is -3.64. The standard InChI is InChI=1S/C9H6ClNO3S/c10-8-5-11-9(15(8,13)14)6-1-3-7(12)4-2-6/h1-5,12H. The summed E-state index contributed by atoms with van der Waals surface area (Å²) in [5, 5.41) is 8.96. The average molecular weight is 244 g/mol. The lowest BCUT2D eigenvalue weighted by atomic mass is 10.2. The fraction of sp³-hybridized carbons (Fsp3) is 0. The van der Waals surface area contributed by atoms with E-state index in [1.807, 2.05) is 0 Å². The molecular weight excluding hydrogens is 238 g/mol. The number of hydrogen-bond donors (Lipinski definition) is 1. The maximum Gasteiger partial charge on any atom is 0.236 e. The molecule has 1 aromatic rings. The average Bonchev–Trinajstić information content (AvgIpc) is 2.44. The monoisotopic (exact) mass is 243 g/mol. The number of nitrogens with zero attached hydrogens (tertiary/aromatic N) is 1. The van der Waals surface area contributed by atoms with Crippen molar-refractivity contribution in [3.63, 3.8) is 0 Å². The SMILES string of the molecule is O=S1(=O)C(Cl)=CN=C1c1ccc(O)cc1. The van der Waals surface area contributed by atoms with Crippen molar-refractivity contribution in [3.8, 4) is 5.75 Å². The van der Waals surface area contributed by atoms with Crippen LogP contribution in [0.2, 0.25) is 0 Å². The lowest BCUT2D eigenvalue weighted by Gasteiger charge is -2.01. The van der Waals surface area contributed by atoms with Gasteiger partial charge in [-0.2, -0.15) is 0 Å². The highest BCUT2D eigenvalue weighted by molar-refractivity contribution is 8.11. The summed E-state index contributed by atoms with van der Waals surface area (Å²) in [5.41, 5.74) is 0.403. The molecule has 15 heavy (non-hydrogen) atoms. The number of sulfone groups is 1. The zero-order valence-electron chi connectivity index (χ0n) is 7.38. The number of aliphatic imine (C=N–C) groups is 1. The fourth-order valence-electron chi connectivity index (χ4n) is 1.17. The molecule has 0 bridgehead atoms. The summed E-state index contributed by atoms with van der Waals surface area (Å²) >= 11 is 5.49. The maximum absolute atomic E-state index is 11.6. The van der Waals surface area contributed by atoms with Gasteiger partial charge in [0.2, 0.25) is 9.84 Å². The molecule has 0 saturated heterocycles. The van der Waals surface area contributed by atoms with E-state index >= 15 is 0 Å². The molecule has 1 N–H and O–H groups in total. The van der Waals surface area contributed by atoms with E-state index in [2.05, 4.69) is 4.99 Å². The number of rotatable bonds is 1. The molecule has 2 rings (SSSR count). The third kappa shape index (κ3) is 1.64. The van der Waals surface area contributed by atoms with Crippen LogP contribution in [0.4, 0.5) is 0 Å². The molecule has 4 nitrogen and oxygen atoms in total. The Morgan fingerprint density at radius 2 is 1.80 bits per heavy atom. The summed E-state index contributed by atoms with van der Waals surface area (Å²) < 4.78 is 22.9. The Balaban J connectivity index is 2.49. The molecule has 6 heteroatoms. The van der Waals surface area contributed by atoms with Crippen LogP contribution in [0.1, 0.15) is 5.56 Å². The predicted octanol–water partition coefficient (Wildman–Crippen LogP) is 1.60. The zero-order chi connectivity index (χ0) is 11.1. The van der Waals surface area contributed by atoms with Crippen LogP contribution in [-0.4, -0.2) is 18.6 Å². The third-order valence-corrected chi connectivity index (χ3v) is 4.08. The first kappa shape index (κ1) is 10.2. The van der Waals surface area contributed by atoms with Gasteiger partial charge in [-0.3, -0.25) is 0 Å². The summed E-state index contributed by atoms with van der Waals surface area (Å²) in [6, 6.07) is 5.71. The smallest absolute Gasteiger partial charge is 0.236 e. The highest BCUT2D eigenvalue weighted by atomic mass is 35.5. The van der Waals surface area contributed by atoms with E-state index in [0.29, 0.717) is 5.56 Å². The van der Waals surface area contributed by atoms with Crippen LogP contribution in [0.15, 0.2) is 39.8 Å². The molecule has 0 fully saturated rings. The normalized spacial score (nSPS) is 18.5. The number of phenols is 1. The van der Waals surface area contributed by atoms with Gasteiger partial charge in [-0.1, -0.05) is 11.6 Å². The number of halogens is 1. The quantitative estimate of drug-likeness (QED) is 0.815. The minimum Gasteiger partial charge on any atom is -0.508 e. The van der Waals surface area contributed by atoms with E-state index < -0.39 is 9.84 Å². The van der Waals surface area contributed by atoms with Crippen molar-refractivity contribution >= 4 is 26.5 Å². The Kier molecular flexibility index (Phi) is 2.28. The molecule has 1 aromatic carbocycles. The minimum absolute atomic E-state index is 0.0637. The van der Waals surface area contributed by atoms with Gasteiger partial charge >= 0.3 is 0 Å². The van der Waals surface area contributed by atoms with Crippen LogP contribution in [-0.2, 0) is 9.84 Å². The Hall–Kier alpha value is -1.33. The van der Waals surface area contributed by atoms with E-state index in [9.17, 15) is 8.42 Å². The Labute approximate surface area is 91.4 Å². The van der Waals surface area contributed by atoms with Gasteiger partial charge < -0.3 is 5.11 Å². The summed E-state index contributed by atoms with van der Waals surface area (Å²) in [6.45, 7) is 0. The summed E-state index contributed by atoms with van der Waals surface area (Å²) in [4.78, 5) is 3.72. The van der Waals surface area contributed by atoms with Crippen molar-refractivity contribution in [3.05, 3.63) is 40.4 Å². The van der Waals surface area contributed by atoms with Crippen molar-refractivity contribution in [2.24, 2.45) is 4.99 Å². The van der Waals surface area contributed by atoms with E-state index in [0.717, 1.165) is 6.20 Å². The van der Waals surface area contributed by atoms with Crippen LogP contribution < -0.4 is 0 Å². The molecule has 78 valence electrons. The van der Waals surface area contributed by atoms with Gasteiger partial charge in [-0.25, -0.2) is 13.4 Å². The van der Waals surface area contributed by atoms with E-state index in [1.54, 1.807) is 0 Å². The number of benzene rings is 1. The first-order chi connectivity index (χ1) is 7.01. The van der Waals surface area contributed by atoms with Crippen molar-refractivity contribution in [2.45, 2.75) is 0 Å². The van der Waals surface area contributed by atoms with Crippen molar-refractivity contribution in [2.75, 3.05) is 0 Å². The van der Waals surface area contributed by atoms with Crippen molar-refractivity contribution in [1.29, 1.82) is 0 Å². The summed E-state index contributed by atoms with van der Waals surface area (Å²) in [5.74, 6) is 0.0637. The summed E-state index contributed by atoms with van der Waals surface area (Å²) in [7, 11) is -3.64. The molecule has 1 heterocycles. The largest absolute Gasteiger partial charge is 0.508 e. The lowest BCUT2D eigenvalue weighted by molar-refractivity contribution is 0.475. The Bertz CT molecular complexity index is 558. The van der Waals surface area contributed by atoms with Gasteiger partial charge in [-0.05, 0) is 24.3 Å². The maximum atomic E-state index is 11.6. The van der Waals surface area contributed by atoms with E-state index in [1.165, 1.54) is 24.3 Å². The van der Waals surface area contributed by atoms with Gasteiger partial charge in [0.1, 0.15) is 5.75 Å². The van der Waals surface area contributed by atoms with Gasteiger partial charge in [0.25, 0.3) is 0 Å². The van der Waals surface area contributed by atoms with Gasteiger partial charge in [0.15, 0.2) is 9.41 Å². The van der Waals surface area contributed by atoms with Crippen LogP contribution >= 0.6 is 11.6 Å². The van der Waals surface area contributed by atoms with Crippen molar-refractivity contribution < 1.29 is 13.5 Å². The zero-order valence-corrected chi connectivity index (χ0v) is 8.96. The molecule has 0 atom stereocenters. The molecule has 0 radical (unpaired) electrons. The second-order valence-electron chi connectivity index (χ2n) is 2.92. The van der Waals surface area contributed by atoms with Crippen LogP contribution in [0.5, 0.6) is 5.75 Å². The van der Waals surface area contributed by atoms with Crippen LogP contribution in [0.25, 0.3) is 0 Å². The molecule has 0 amide bonds. The number of aromatic hydroxyl groups is 1. The topological polar surface area (TPSA) is 66.7 Å². The van der Waals surface area contributed by atoms with Crippen molar-refractivity contribution in [1.82, 2.24) is 0 Å². The van der Waals surface area contributed by atoms with Gasteiger partial charge in [0, 0.05) is 5.56 Å². The molecule has 0 spiro atoms. The number of hydrogen-bond acceptors (Lipinski definition) is 4. The first-order valence-electron chi connectivity index (χ1n) is 4.00. The fourth-order valence-corrected chi connectivity index (χ4v) is 2.46. The van der Waals surface area contributed by atoms with E-state index in [4.69, 9.17) is 16.7 Å². The molecule has 0 aromatic heterocycles. The lowest BCUT2D eigenvalue weighted by Crippen LogP contribution is -2.12. The Morgan fingerprint density at radius 3 is 2.27 bits per heavy atom. The predicted molar refractivity (Wildman–Crippen MR) is 57.5 cm³/mol. The second-order valence-corrected chi connectivity index (χ2v) is 5.38. The van der Waals surface area contributed by atoms with Gasteiger partial charge in [-0.15, -0.1) is 0 Å². The second kappa shape index (κ2) is 3.36. The van der Waals surface area contributed by atoms with Crippen LogP contribution in [0.3, 0.4) is 0 Å².